The number of benzene rings is 1. The molecule has 1 saturated heterocycles. The van der Waals surface area contributed by atoms with E-state index >= 15 is 0 Å². The van der Waals surface area contributed by atoms with E-state index in [0.717, 1.165) is 19.4 Å². The van der Waals surface area contributed by atoms with Crippen LogP contribution in [0.5, 0.6) is 0 Å². The number of hydrogen-bond donors (Lipinski definition) is 1. The zero-order valence-corrected chi connectivity index (χ0v) is 7.62. The first-order valence-corrected chi connectivity index (χ1v) is 4.61. The Labute approximate surface area is 78.9 Å². The van der Waals surface area contributed by atoms with Gasteiger partial charge in [0.05, 0.1) is 12.1 Å². The third-order valence-electron chi connectivity index (χ3n) is 2.65. The molecule has 1 heterocycles. The molecule has 2 nitrogen and oxygen atoms in total. The summed E-state index contributed by atoms with van der Waals surface area (Å²) in [4.78, 5) is 5.22. The fourth-order valence-electron chi connectivity index (χ4n) is 1.75. The molecule has 0 aromatic heterocycles. The summed E-state index contributed by atoms with van der Waals surface area (Å²) < 4.78 is 0. The van der Waals surface area contributed by atoms with Gasteiger partial charge in [-0.05, 0) is 18.4 Å². The molecule has 1 atom stereocenters. The van der Waals surface area contributed by atoms with E-state index in [1.807, 2.05) is 18.2 Å². The summed E-state index contributed by atoms with van der Waals surface area (Å²) in [5, 5.41) is 0. The van der Waals surface area contributed by atoms with Crippen LogP contribution in [0.3, 0.4) is 0 Å². The Balaban J connectivity index is 2.31. The molecule has 69 valence electrons. The molecular weight excluding hydrogens is 162 g/mol. The van der Waals surface area contributed by atoms with Crippen molar-refractivity contribution in [3.63, 3.8) is 0 Å². The van der Waals surface area contributed by atoms with Crippen LogP contribution in [0.25, 0.3) is 0 Å². The summed E-state index contributed by atoms with van der Waals surface area (Å²) in [6, 6.07) is 10.4. The van der Waals surface area contributed by atoms with Crippen LogP contribution in [0.2, 0.25) is 0 Å². The third-order valence-corrected chi connectivity index (χ3v) is 2.65. The van der Waals surface area contributed by atoms with Crippen LogP contribution in [0, 0.1) is 6.92 Å². The zero-order chi connectivity index (χ0) is 9.15. The maximum absolute atomic E-state index is 5.22. The average Bonchev–Trinajstić information content (AvgIpc) is 2.69. The van der Waals surface area contributed by atoms with Gasteiger partial charge < -0.3 is 4.84 Å². The van der Waals surface area contributed by atoms with Crippen LogP contribution >= 0.6 is 0 Å². The summed E-state index contributed by atoms with van der Waals surface area (Å²) in [5.74, 6) is 0. The molecule has 0 aliphatic carbocycles. The number of hydroxylamine groups is 1. The van der Waals surface area contributed by atoms with Crippen LogP contribution in [-0.2, 0) is 10.4 Å². The molecule has 1 aromatic carbocycles. The van der Waals surface area contributed by atoms with Crippen molar-refractivity contribution in [3.8, 4) is 0 Å². The topological polar surface area (TPSA) is 21.3 Å². The largest absolute Gasteiger partial charge is 0.301 e. The Bertz CT molecular complexity index is 265. The molecule has 13 heavy (non-hydrogen) atoms. The van der Waals surface area contributed by atoms with Crippen molar-refractivity contribution in [2.24, 2.45) is 0 Å². The van der Waals surface area contributed by atoms with Crippen molar-refractivity contribution in [3.05, 3.63) is 42.8 Å². The lowest BCUT2D eigenvalue weighted by molar-refractivity contribution is 0.0605. The van der Waals surface area contributed by atoms with Gasteiger partial charge >= 0.3 is 0 Å². The van der Waals surface area contributed by atoms with Gasteiger partial charge in [-0.2, -0.15) is 5.48 Å². The van der Waals surface area contributed by atoms with Crippen LogP contribution in [0.4, 0.5) is 0 Å². The lowest BCUT2D eigenvalue weighted by Gasteiger charge is -2.26. The molecule has 0 bridgehead atoms. The molecule has 1 radical (unpaired) electrons. The summed E-state index contributed by atoms with van der Waals surface area (Å²) in [5.41, 5.74) is 4.29. The predicted octanol–water partition coefficient (Wildman–Crippen LogP) is 2.03. The number of rotatable bonds is 2. The Morgan fingerprint density at radius 2 is 2.15 bits per heavy atom. The highest BCUT2D eigenvalue weighted by molar-refractivity contribution is 5.24. The van der Waals surface area contributed by atoms with Gasteiger partial charge in [0.1, 0.15) is 0 Å². The molecule has 1 N–H and O–H groups in total. The summed E-state index contributed by atoms with van der Waals surface area (Å²) in [7, 11) is 0. The molecule has 0 amide bonds. The first-order chi connectivity index (χ1) is 6.37. The second kappa shape index (κ2) is 3.48. The van der Waals surface area contributed by atoms with Crippen LogP contribution in [0.15, 0.2) is 30.3 Å². The minimum absolute atomic E-state index is 0.0543. The maximum atomic E-state index is 5.22. The molecule has 0 saturated carbocycles. The van der Waals surface area contributed by atoms with Crippen molar-refractivity contribution >= 4 is 0 Å². The van der Waals surface area contributed by atoms with E-state index in [1.54, 1.807) is 0 Å². The molecule has 1 aromatic rings. The molecule has 2 heteroatoms. The third kappa shape index (κ3) is 1.47. The minimum Gasteiger partial charge on any atom is -0.301 e. The molecule has 0 spiro atoms. The van der Waals surface area contributed by atoms with Gasteiger partial charge in [-0.3, -0.25) is 0 Å². The van der Waals surface area contributed by atoms with Gasteiger partial charge in [0.2, 0.25) is 0 Å². The Hall–Kier alpha value is -0.860. The second-order valence-corrected chi connectivity index (χ2v) is 3.40. The highest BCUT2D eigenvalue weighted by Crippen LogP contribution is 2.31. The SMILES string of the molecule is [CH2]CC1(c2ccccc2)CCON1. The van der Waals surface area contributed by atoms with Gasteiger partial charge in [-0.15, -0.1) is 0 Å². The van der Waals surface area contributed by atoms with E-state index < -0.39 is 0 Å². The maximum Gasteiger partial charge on any atom is 0.0704 e. The van der Waals surface area contributed by atoms with E-state index in [4.69, 9.17) is 4.84 Å². The Kier molecular flexibility index (Phi) is 2.34. The molecule has 2 rings (SSSR count). The standard InChI is InChI=1S/C11H14NO/c1-2-11(8-9-13-12-11)10-6-4-3-5-7-10/h3-7,12H,1-2,8-9H2. The summed E-state index contributed by atoms with van der Waals surface area (Å²) in [6.45, 7) is 4.74. The predicted molar refractivity (Wildman–Crippen MR) is 51.8 cm³/mol. The molecule has 1 aliphatic rings. The monoisotopic (exact) mass is 176 g/mol. The highest BCUT2D eigenvalue weighted by Gasteiger charge is 2.34. The van der Waals surface area contributed by atoms with E-state index in [-0.39, 0.29) is 5.54 Å². The Morgan fingerprint density at radius 3 is 2.69 bits per heavy atom. The normalized spacial score (nSPS) is 27.8. The van der Waals surface area contributed by atoms with Gasteiger partial charge in [0.25, 0.3) is 0 Å². The fourth-order valence-corrected chi connectivity index (χ4v) is 1.75. The first kappa shape index (κ1) is 8.73. The van der Waals surface area contributed by atoms with Gasteiger partial charge in [-0.25, -0.2) is 0 Å². The van der Waals surface area contributed by atoms with E-state index in [1.165, 1.54) is 5.56 Å². The van der Waals surface area contributed by atoms with Gasteiger partial charge in [0, 0.05) is 0 Å². The lowest BCUT2D eigenvalue weighted by atomic mass is 9.86. The van der Waals surface area contributed by atoms with Gasteiger partial charge in [-0.1, -0.05) is 37.3 Å². The molecule has 1 fully saturated rings. The zero-order valence-electron chi connectivity index (χ0n) is 7.62. The summed E-state index contributed by atoms with van der Waals surface area (Å²) >= 11 is 0. The highest BCUT2D eigenvalue weighted by atomic mass is 16.7. The van der Waals surface area contributed by atoms with Crippen molar-refractivity contribution < 1.29 is 4.84 Å². The molecule has 1 aliphatic heterocycles. The smallest absolute Gasteiger partial charge is 0.0704 e. The number of hydrogen-bond acceptors (Lipinski definition) is 2. The van der Waals surface area contributed by atoms with E-state index in [2.05, 4.69) is 24.5 Å². The first-order valence-electron chi connectivity index (χ1n) is 4.61. The van der Waals surface area contributed by atoms with Gasteiger partial charge in [0.15, 0.2) is 0 Å². The number of nitrogens with one attached hydrogen (secondary N) is 1. The fraction of sp³-hybridized carbons (Fsp3) is 0.364. The van der Waals surface area contributed by atoms with Crippen molar-refractivity contribution in [1.29, 1.82) is 0 Å². The summed E-state index contributed by atoms with van der Waals surface area (Å²) in [6.07, 6.45) is 1.82. The minimum atomic E-state index is -0.0543. The quantitative estimate of drug-likeness (QED) is 0.744. The van der Waals surface area contributed by atoms with E-state index in [9.17, 15) is 0 Å². The molecule has 1 unspecified atom stereocenters. The van der Waals surface area contributed by atoms with E-state index in [0.29, 0.717) is 0 Å². The van der Waals surface area contributed by atoms with Crippen LogP contribution < -0.4 is 5.48 Å². The van der Waals surface area contributed by atoms with Crippen LogP contribution in [0.1, 0.15) is 18.4 Å². The lowest BCUT2D eigenvalue weighted by Crippen LogP contribution is -2.35. The Morgan fingerprint density at radius 1 is 1.38 bits per heavy atom. The van der Waals surface area contributed by atoms with Crippen molar-refractivity contribution in [1.82, 2.24) is 5.48 Å². The van der Waals surface area contributed by atoms with Crippen LogP contribution in [-0.4, -0.2) is 6.61 Å². The van der Waals surface area contributed by atoms with Crippen molar-refractivity contribution in [2.45, 2.75) is 18.4 Å². The molecular formula is C11H14NO. The van der Waals surface area contributed by atoms with Crippen molar-refractivity contribution in [2.75, 3.05) is 6.61 Å². The average molecular weight is 176 g/mol. The second-order valence-electron chi connectivity index (χ2n) is 3.40.